The SMILES string of the molecule is CCCn1ncc(Cl)c1C1CCC(Br)C1. The Morgan fingerprint density at radius 1 is 1.60 bits per heavy atom. The molecule has 0 bridgehead atoms. The Hall–Kier alpha value is -0.0200. The van der Waals surface area contributed by atoms with Gasteiger partial charge in [0.1, 0.15) is 0 Å². The van der Waals surface area contributed by atoms with Gasteiger partial charge in [-0.1, -0.05) is 34.5 Å². The first-order valence-electron chi connectivity index (χ1n) is 5.57. The quantitative estimate of drug-likeness (QED) is 0.770. The van der Waals surface area contributed by atoms with Crippen LogP contribution in [-0.4, -0.2) is 14.6 Å². The lowest BCUT2D eigenvalue weighted by Crippen LogP contribution is -2.08. The number of alkyl halides is 1. The van der Waals surface area contributed by atoms with Gasteiger partial charge >= 0.3 is 0 Å². The van der Waals surface area contributed by atoms with E-state index in [-0.39, 0.29) is 0 Å². The van der Waals surface area contributed by atoms with Crippen molar-refractivity contribution >= 4 is 27.5 Å². The number of hydrogen-bond acceptors (Lipinski definition) is 1. The van der Waals surface area contributed by atoms with Gasteiger partial charge in [0.25, 0.3) is 0 Å². The summed E-state index contributed by atoms with van der Waals surface area (Å²) in [6.45, 7) is 3.15. The highest BCUT2D eigenvalue weighted by Crippen LogP contribution is 2.40. The van der Waals surface area contributed by atoms with E-state index in [9.17, 15) is 0 Å². The third-order valence-electron chi connectivity index (χ3n) is 3.02. The third-order valence-corrected chi connectivity index (χ3v) is 4.15. The van der Waals surface area contributed by atoms with E-state index in [2.05, 4.69) is 32.6 Å². The summed E-state index contributed by atoms with van der Waals surface area (Å²) in [6, 6.07) is 0. The standard InChI is InChI=1S/C11H16BrClN2/c1-2-5-15-11(10(13)7-14-15)8-3-4-9(12)6-8/h7-9H,2-6H2,1H3. The average Bonchev–Trinajstić information content (AvgIpc) is 2.74. The van der Waals surface area contributed by atoms with Gasteiger partial charge < -0.3 is 0 Å². The van der Waals surface area contributed by atoms with E-state index >= 15 is 0 Å². The van der Waals surface area contributed by atoms with Crippen LogP contribution in [0.25, 0.3) is 0 Å². The largest absolute Gasteiger partial charge is 0.268 e. The molecule has 0 radical (unpaired) electrons. The maximum atomic E-state index is 6.21. The second-order valence-electron chi connectivity index (χ2n) is 4.21. The number of rotatable bonds is 3. The summed E-state index contributed by atoms with van der Waals surface area (Å²) in [5, 5.41) is 5.19. The Morgan fingerprint density at radius 2 is 2.40 bits per heavy atom. The molecule has 2 rings (SSSR count). The van der Waals surface area contributed by atoms with E-state index in [0.29, 0.717) is 10.7 Å². The number of aryl methyl sites for hydroxylation is 1. The first-order chi connectivity index (χ1) is 7.22. The minimum atomic E-state index is 0.593. The van der Waals surface area contributed by atoms with E-state index in [0.717, 1.165) is 18.0 Å². The van der Waals surface area contributed by atoms with Gasteiger partial charge in [0.05, 0.1) is 16.9 Å². The molecule has 1 heterocycles. The van der Waals surface area contributed by atoms with E-state index < -0.39 is 0 Å². The molecule has 1 fully saturated rings. The molecule has 0 aromatic carbocycles. The molecule has 15 heavy (non-hydrogen) atoms. The van der Waals surface area contributed by atoms with Gasteiger partial charge in [-0.3, -0.25) is 4.68 Å². The predicted molar refractivity (Wildman–Crippen MR) is 66.8 cm³/mol. The van der Waals surface area contributed by atoms with Gasteiger partial charge in [-0.2, -0.15) is 5.10 Å². The van der Waals surface area contributed by atoms with Crippen molar-refractivity contribution in [3.05, 3.63) is 16.9 Å². The molecule has 84 valence electrons. The highest BCUT2D eigenvalue weighted by Gasteiger charge is 2.28. The van der Waals surface area contributed by atoms with Gasteiger partial charge in [0.2, 0.25) is 0 Å². The van der Waals surface area contributed by atoms with Crippen molar-refractivity contribution in [1.82, 2.24) is 9.78 Å². The fourth-order valence-electron chi connectivity index (χ4n) is 2.34. The number of nitrogens with zero attached hydrogens (tertiary/aromatic N) is 2. The molecule has 0 aliphatic heterocycles. The number of hydrogen-bond donors (Lipinski definition) is 0. The molecule has 0 saturated heterocycles. The molecule has 1 saturated carbocycles. The normalized spacial score (nSPS) is 26.1. The highest BCUT2D eigenvalue weighted by atomic mass is 79.9. The summed E-state index contributed by atoms with van der Waals surface area (Å²) < 4.78 is 2.08. The van der Waals surface area contributed by atoms with Crippen LogP contribution in [-0.2, 0) is 6.54 Å². The molecular formula is C11H16BrClN2. The predicted octanol–water partition coefficient (Wildman–Crippen LogP) is 3.98. The smallest absolute Gasteiger partial charge is 0.0820 e. The maximum Gasteiger partial charge on any atom is 0.0820 e. The molecule has 0 N–H and O–H groups in total. The van der Waals surface area contributed by atoms with Crippen LogP contribution < -0.4 is 0 Å². The van der Waals surface area contributed by atoms with Crippen LogP contribution in [0.3, 0.4) is 0 Å². The zero-order chi connectivity index (χ0) is 10.8. The van der Waals surface area contributed by atoms with Crippen molar-refractivity contribution in [2.24, 2.45) is 0 Å². The molecule has 2 nitrogen and oxygen atoms in total. The van der Waals surface area contributed by atoms with E-state index in [1.54, 1.807) is 6.20 Å². The summed E-state index contributed by atoms with van der Waals surface area (Å²) in [7, 11) is 0. The van der Waals surface area contributed by atoms with Crippen LogP contribution in [0.15, 0.2) is 6.20 Å². The van der Waals surface area contributed by atoms with Crippen molar-refractivity contribution < 1.29 is 0 Å². The van der Waals surface area contributed by atoms with Crippen molar-refractivity contribution in [2.45, 2.75) is 49.9 Å². The first kappa shape index (κ1) is 11.5. The Morgan fingerprint density at radius 3 is 3.00 bits per heavy atom. The van der Waals surface area contributed by atoms with Crippen LogP contribution in [0.5, 0.6) is 0 Å². The second-order valence-corrected chi connectivity index (χ2v) is 5.91. The van der Waals surface area contributed by atoms with Gasteiger partial charge in [0.15, 0.2) is 0 Å². The average molecular weight is 292 g/mol. The Balaban J connectivity index is 2.21. The van der Waals surface area contributed by atoms with Crippen molar-refractivity contribution in [1.29, 1.82) is 0 Å². The molecule has 2 atom stereocenters. The lowest BCUT2D eigenvalue weighted by molar-refractivity contribution is 0.538. The van der Waals surface area contributed by atoms with Gasteiger partial charge in [-0.05, 0) is 25.7 Å². The van der Waals surface area contributed by atoms with Crippen molar-refractivity contribution in [3.8, 4) is 0 Å². The molecular weight excluding hydrogens is 275 g/mol. The number of aromatic nitrogens is 2. The summed E-state index contributed by atoms with van der Waals surface area (Å²) in [5.74, 6) is 0.593. The van der Waals surface area contributed by atoms with Gasteiger partial charge in [0, 0.05) is 17.3 Å². The van der Waals surface area contributed by atoms with Crippen LogP contribution in [0.2, 0.25) is 5.02 Å². The zero-order valence-corrected chi connectivity index (χ0v) is 11.3. The van der Waals surface area contributed by atoms with Gasteiger partial charge in [-0.15, -0.1) is 0 Å². The lowest BCUT2D eigenvalue weighted by atomic mass is 10.0. The Bertz CT molecular complexity index is 337. The molecule has 1 aromatic rings. The molecule has 2 unspecified atom stereocenters. The molecule has 1 aromatic heterocycles. The van der Waals surface area contributed by atoms with E-state index in [1.165, 1.54) is 25.0 Å². The molecule has 4 heteroatoms. The molecule has 1 aliphatic carbocycles. The minimum absolute atomic E-state index is 0.593. The third kappa shape index (κ3) is 2.39. The first-order valence-corrected chi connectivity index (χ1v) is 6.87. The summed E-state index contributed by atoms with van der Waals surface area (Å²) in [6.07, 6.45) is 6.56. The van der Waals surface area contributed by atoms with Crippen LogP contribution in [0.4, 0.5) is 0 Å². The van der Waals surface area contributed by atoms with Crippen molar-refractivity contribution in [3.63, 3.8) is 0 Å². The fourth-order valence-corrected chi connectivity index (χ4v) is 3.35. The van der Waals surface area contributed by atoms with Gasteiger partial charge in [-0.25, -0.2) is 0 Å². The summed E-state index contributed by atoms with van der Waals surface area (Å²) >= 11 is 9.89. The Labute approximate surface area is 104 Å². The minimum Gasteiger partial charge on any atom is -0.268 e. The maximum absolute atomic E-state index is 6.21. The van der Waals surface area contributed by atoms with Crippen molar-refractivity contribution in [2.75, 3.05) is 0 Å². The summed E-state index contributed by atoms with van der Waals surface area (Å²) in [4.78, 5) is 0.656. The van der Waals surface area contributed by atoms with E-state index in [1.807, 2.05) is 0 Å². The number of halogens is 2. The van der Waals surface area contributed by atoms with Crippen LogP contribution in [0, 0.1) is 0 Å². The topological polar surface area (TPSA) is 17.8 Å². The lowest BCUT2D eigenvalue weighted by Gasteiger charge is -2.13. The molecule has 1 aliphatic rings. The van der Waals surface area contributed by atoms with E-state index in [4.69, 9.17) is 11.6 Å². The summed E-state index contributed by atoms with van der Waals surface area (Å²) in [5.41, 5.74) is 1.25. The Kier molecular flexibility index (Phi) is 3.73. The second kappa shape index (κ2) is 4.88. The molecule has 0 amide bonds. The van der Waals surface area contributed by atoms with Crippen LogP contribution in [0.1, 0.15) is 44.2 Å². The highest BCUT2D eigenvalue weighted by molar-refractivity contribution is 9.09. The zero-order valence-electron chi connectivity index (χ0n) is 8.92. The molecule has 0 spiro atoms. The fraction of sp³-hybridized carbons (Fsp3) is 0.727. The van der Waals surface area contributed by atoms with Crippen LogP contribution >= 0.6 is 27.5 Å². The monoisotopic (exact) mass is 290 g/mol.